The molecule has 0 saturated carbocycles. The quantitative estimate of drug-likeness (QED) is 0.639. The summed E-state index contributed by atoms with van der Waals surface area (Å²) in [4.78, 5) is 27.9. The molecule has 2 rings (SSSR count). The highest BCUT2D eigenvalue weighted by Crippen LogP contribution is 2.16. The van der Waals surface area contributed by atoms with Crippen molar-refractivity contribution in [2.24, 2.45) is 0 Å². The zero-order valence-electron chi connectivity index (χ0n) is 10.5. The van der Waals surface area contributed by atoms with Crippen molar-refractivity contribution in [3.05, 3.63) is 34.5 Å². The summed E-state index contributed by atoms with van der Waals surface area (Å²) in [5.41, 5.74) is 0. The number of rotatable bonds is 6. The molecule has 0 radical (unpaired) electrons. The minimum Gasteiger partial charge on any atom is -0.351 e. The van der Waals surface area contributed by atoms with Gasteiger partial charge in [-0.05, 0) is 25.5 Å². The number of thiophene rings is 1. The first-order valence-electron chi connectivity index (χ1n) is 5.88. The van der Waals surface area contributed by atoms with Crippen LogP contribution in [0, 0.1) is 0 Å². The number of hydrogen-bond acceptors (Lipinski definition) is 5. The van der Waals surface area contributed by atoms with Gasteiger partial charge in [0.15, 0.2) is 5.78 Å². The van der Waals surface area contributed by atoms with Gasteiger partial charge in [-0.2, -0.15) is 5.10 Å². The topological polar surface area (TPSA) is 76.9 Å². The largest absolute Gasteiger partial charge is 0.351 e. The van der Waals surface area contributed by atoms with Gasteiger partial charge in [0.05, 0.1) is 9.75 Å². The van der Waals surface area contributed by atoms with Crippen LogP contribution in [0.3, 0.4) is 0 Å². The molecule has 2 aromatic rings. The Balaban J connectivity index is 1.76. The summed E-state index contributed by atoms with van der Waals surface area (Å²) in [6.45, 7) is 2.76. The molecule has 0 fully saturated rings. The molecule has 0 saturated heterocycles. The number of carbonyl (C=O) groups excluding carboxylic acids is 2. The summed E-state index contributed by atoms with van der Waals surface area (Å²) < 4.78 is 1.71. The molecule has 0 aromatic carbocycles. The van der Waals surface area contributed by atoms with Crippen molar-refractivity contribution in [1.82, 2.24) is 20.1 Å². The minimum atomic E-state index is -0.143. The highest BCUT2D eigenvalue weighted by molar-refractivity contribution is 7.15. The van der Waals surface area contributed by atoms with E-state index in [1.54, 1.807) is 23.1 Å². The first-order chi connectivity index (χ1) is 9.16. The number of amides is 1. The Kier molecular flexibility index (Phi) is 4.40. The molecule has 0 unspecified atom stereocenters. The third-order valence-corrected chi connectivity index (χ3v) is 3.68. The second-order valence-electron chi connectivity index (χ2n) is 3.99. The average molecular weight is 278 g/mol. The third-order valence-electron chi connectivity index (χ3n) is 2.49. The number of nitrogens with zero attached hydrogens (tertiary/aromatic N) is 3. The average Bonchev–Trinajstić information content (AvgIpc) is 3.05. The Labute approximate surface area is 114 Å². The van der Waals surface area contributed by atoms with Gasteiger partial charge in [0.2, 0.25) is 0 Å². The molecule has 100 valence electrons. The zero-order chi connectivity index (χ0) is 13.7. The second-order valence-corrected chi connectivity index (χ2v) is 5.07. The molecule has 1 N–H and O–H groups in total. The standard InChI is InChI=1S/C12H14N4O2S/c1-9(17)10-3-4-11(19-10)12(18)14-5-2-6-16-8-13-7-15-16/h3-4,7-8H,2,5-6H2,1H3,(H,14,18). The van der Waals surface area contributed by atoms with Gasteiger partial charge in [-0.15, -0.1) is 11.3 Å². The highest BCUT2D eigenvalue weighted by atomic mass is 32.1. The molecule has 0 atom stereocenters. The zero-order valence-corrected chi connectivity index (χ0v) is 11.3. The molecule has 6 nitrogen and oxygen atoms in total. The van der Waals surface area contributed by atoms with Crippen LogP contribution in [0.15, 0.2) is 24.8 Å². The fourth-order valence-electron chi connectivity index (χ4n) is 1.53. The summed E-state index contributed by atoms with van der Waals surface area (Å²) in [5.74, 6) is -0.161. The summed E-state index contributed by atoms with van der Waals surface area (Å²) in [5, 5.41) is 6.78. The Morgan fingerprint density at radius 1 is 1.37 bits per heavy atom. The van der Waals surface area contributed by atoms with Crippen LogP contribution in [0.1, 0.15) is 32.7 Å². The van der Waals surface area contributed by atoms with Crippen molar-refractivity contribution in [3.8, 4) is 0 Å². The minimum absolute atomic E-state index is 0.0183. The van der Waals surface area contributed by atoms with E-state index in [2.05, 4.69) is 15.4 Å². The lowest BCUT2D eigenvalue weighted by Crippen LogP contribution is -2.24. The van der Waals surface area contributed by atoms with E-state index in [0.29, 0.717) is 22.8 Å². The van der Waals surface area contributed by atoms with E-state index in [1.807, 2.05) is 0 Å². The van der Waals surface area contributed by atoms with Crippen LogP contribution in [-0.2, 0) is 6.54 Å². The van der Waals surface area contributed by atoms with Gasteiger partial charge < -0.3 is 5.32 Å². The van der Waals surface area contributed by atoms with Crippen LogP contribution in [0.4, 0.5) is 0 Å². The number of carbonyl (C=O) groups is 2. The molecule has 7 heteroatoms. The van der Waals surface area contributed by atoms with Crippen LogP contribution in [0.2, 0.25) is 0 Å². The van der Waals surface area contributed by atoms with E-state index in [0.717, 1.165) is 6.42 Å². The van der Waals surface area contributed by atoms with Crippen molar-refractivity contribution in [2.45, 2.75) is 19.9 Å². The van der Waals surface area contributed by atoms with Gasteiger partial charge in [-0.25, -0.2) is 4.98 Å². The lowest BCUT2D eigenvalue weighted by molar-refractivity contribution is 0.0956. The van der Waals surface area contributed by atoms with E-state index in [4.69, 9.17) is 0 Å². The number of hydrogen-bond donors (Lipinski definition) is 1. The normalized spacial score (nSPS) is 10.4. The van der Waals surface area contributed by atoms with Crippen LogP contribution in [0.5, 0.6) is 0 Å². The van der Waals surface area contributed by atoms with Gasteiger partial charge in [-0.3, -0.25) is 14.3 Å². The summed E-state index contributed by atoms with van der Waals surface area (Å²) in [6.07, 6.45) is 3.90. The summed E-state index contributed by atoms with van der Waals surface area (Å²) >= 11 is 1.22. The molecule has 2 aromatic heterocycles. The van der Waals surface area contributed by atoms with Gasteiger partial charge in [0.1, 0.15) is 12.7 Å². The van der Waals surface area contributed by atoms with Crippen molar-refractivity contribution < 1.29 is 9.59 Å². The van der Waals surface area contributed by atoms with Crippen molar-refractivity contribution in [3.63, 3.8) is 0 Å². The summed E-state index contributed by atoms with van der Waals surface area (Å²) in [7, 11) is 0. The van der Waals surface area contributed by atoms with Crippen molar-refractivity contribution in [1.29, 1.82) is 0 Å². The van der Waals surface area contributed by atoms with Crippen molar-refractivity contribution >= 4 is 23.0 Å². The van der Waals surface area contributed by atoms with Gasteiger partial charge >= 0.3 is 0 Å². The number of aromatic nitrogens is 3. The molecule has 1 amide bonds. The Morgan fingerprint density at radius 2 is 2.16 bits per heavy atom. The fourth-order valence-corrected chi connectivity index (χ4v) is 2.35. The first-order valence-corrected chi connectivity index (χ1v) is 6.70. The number of aryl methyl sites for hydroxylation is 1. The maximum absolute atomic E-state index is 11.8. The number of Topliss-reactive ketones (excluding diaryl/α,β-unsaturated/α-hetero) is 1. The Hall–Kier alpha value is -2.02. The maximum atomic E-state index is 11.8. The SMILES string of the molecule is CC(=O)c1ccc(C(=O)NCCCn2cncn2)s1. The van der Waals surface area contributed by atoms with E-state index in [-0.39, 0.29) is 11.7 Å². The van der Waals surface area contributed by atoms with Gasteiger partial charge in [0, 0.05) is 13.1 Å². The first kappa shape index (κ1) is 13.4. The van der Waals surface area contributed by atoms with Crippen molar-refractivity contribution in [2.75, 3.05) is 6.54 Å². The maximum Gasteiger partial charge on any atom is 0.261 e. The van der Waals surface area contributed by atoms with E-state index in [9.17, 15) is 9.59 Å². The monoisotopic (exact) mass is 278 g/mol. The molecule has 0 bridgehead atoms. The number of nitrogens with one attached hydrogen (secondary N) is 1. The smallest absolute Gasteiger partial charge is 0.261 e. The molecular formula is C12H14N4O2S. The molecule has 0 aliphatic heterocycles. The Morgan fingerprint density at radius 3 is 2.79 bits per heavy atom. The van der Waals surface area contributed by atoms with E-state index in [1.165, 1.54) is 24.6 Å². The fraction of sp³-hybridized carbons (Fsp3) is 0.333. The molecule has 0 spiro atoms. The molecule has 0 aliphatic carbocycles. The molecule has 0 aliphatic rings. The van der Waals surface area contributed by atoms with Crippen LogP contribution >= 0.6 is 11.3 Å². The predicted molar refractivity (Wildman–Crippen MR) is 71.3 cm³/mol. The van der Waals surface area contributed by atoms with Crippen LogP contribution in [0.25, 0.3) is 0 Å². The van der Waals surface area contributed by atoms with Gasteiger partial charge in [-0.1, -0.05) is 0 Å². The van der Waals surface area contributed by atoms with E-state index < -0.39 is 0 Å². The van der Waals surface area contributed by atoms with E-state index >= 15 is 0 Å². The van der Waals surface area contributed by atoms with Crippen LogP contribution < -0.4 is 5.32 Å². The third kappa shape index (κ3) is 3.72. The van der Waals surface area contributed by atoms with Crippen LogP contribution in [-0.4, -0.2) is 33.0 Å². The molecule has 2 heterocycles. The highest BCUT2D eigenvalue weighted by Gasteiger charge is 2.10. The second kappa shape index (κ2) is 6.24. The lowest BCUT2D eigenvalue weighted by Gasteiger charge is -2.03. The van der Waals surface area contributed by atoms with Gasteiger partial charge in [0.25, 0.3) is 5.91 Å². The number of ketones is 1. The molecule has 19 heavy (non-hydrogen) atoms. The molecular weight excluding hydrogens is 264 g/mol. The summed E-state index contributed by atoms with van der Waals surface area (Å²) in [6, 6.07) is 3.35. The predicted octanol–water partition coefficient (Wildman–Crippen LogP) is 1.36. The lowest BCUT2D eigenvalue weighted by atomic mass is 10.3. The Bertz CT molecular complexity index is 562.